The Labute approximate surface area is 70.9 Å². The highest BCUT2D eigenvalue weighted by atomic mass is 16.7. The molecule has 1 heterocycles. The molecule has 0 unspecified atom stereocenters. The van der Waals surface area contributed by atoms with Gasteiger partial charge in [-0.05, 0) is 24.6 Å². The first-order valence-electron chi connectivity index (χ1n) is 3.61. The molecule has 12 heavy (non-hydrogen) atoms. The average Bonchev–Trinajstić information content (AvgIpc) is 2.50. The molecule has 1 radical (unpaired) electrons. The molecule has 0 atom stereocenters. The predicted octanol–water partition coefficient (Wildman–Crippen LogP) is 1.61. The van der Waals surface area contributed by atoms with E-state index in [1.165, 1.54) is 0 Å². The fourth-order valence-electron chi connectivity index (χ4n) is 1.18. The first-order valence-corrected chi connectivity index (χ1v) is 3.61. The summed E-state index contributed by atoms with van der Waals surface area (Å²) in [6, 6.07) is 3.64. The molecule has 0 aromatic heterocycles. The summed E-state index contributed by atoms with van der Waals surface area (Å²) in [7, 11) is 1.59. The Bertz CT molecular complexity index is 307. The summed E-state index contributed by atoms with van der Waals surface area (Å²) in [5.41, 5.74) is 0.858. The van der Waals surface area contributed by atoms with Crippen LogP contribution in [0.1, 0.15) is 5.56 Å². The van der Waals surface area contributed by atoms with Gasteiger partial charge in [0, 0.05) is 0 Å². The maximum Gasteiger partial charge on any atom is 0.231 e. The molecule has 0 saturated heterocycles. The van der Waals surface area contributed by atoms with Crippen molar-refractivity contribution in [1.82, 2.24) is 0 Å². The zero-order chi connectivity index (χ0) is 8.55. The number of rotatable bonds is 1. The van der Waals surface area contributed by atoms with E-state index < -0.39 is 0 Å². The Balaban J connectivity index is 2.55. The Hall–Kier alpha value is -1.38. The molecule has 3 nitrogen and oxygen atoms in total. The summed E-state index contributed by atoms with van der Waals surface area (Å²) in [5, 5.41) is 0. The Kier molecular flexibility index (Phi) is 1.57. The van der Waals surface area contributed by atoms with Crippen molar-refractivity contribution in [2.45, 2.75) is 0 Å². The quantitative estimate of drug-likeness (QED) is 0.632. The fourth-order valence-corrected chi connectivity index (χ4v) is 1.18. The highest BCUT2D eigenvalue weighted by Gasteiger charge is 2.18. The number of hydrogen-bond donors (Lipinski definition) is 0. The average molecular weight is 165 g/mol. The van der Waals surface area contributed by atoms with E-state index in [2.05, 4.69) is 6.92 Å². The lowest BCUT2D eigenvalue weighted by molar-refractivity contribution is 0.171. The molecule has 0 spiro atoms. The molecule has 2 rings (SSSR count). The van der Waals surface area contributed by atoms with Crippen LogP contribution in [0.5, 0.6) is 17.2 Å². The van der Waals surface area contributed by atoms with Crippen LogP contribution < -0.4 is 14.2 Å². The largest absolute Gasteiger partial charge is 0.493 e. The van der Waals surface area contributed by atoms with Gasteiger partial charge in [0.1, 0.15) is 0 Å². The first-order chi connectivity index (χ1) is 5.81. The van der Waals surface area contributed by atoms with Gasteiger partial charge >= 0.3 is 0 Å². The molecule has 1 aromatic carbocycles. The van der Waals surface area contributed by atoms with Crippen LogP contribution in [0.25, 0.3) is 0 Å². The van der Waals surface area contributed by atoms with Crippen LogP contribution in [0.4, 0.5) is 0 Å². The summed E-state index contributed by atoms with van der Waals surface area (Å²) in [4.78, 5) is 0. The van der Waals surface area contributed by atoms with Gasteiger partial charge in [0.05, 0.1) is 7.11 Å². The van der Waals surface area contributed by atoms with Crippen molar-refractivity contribution < 1.29 is 14.2 Å². The lowest BCUT2D eigenvalue weighted by Crippen LogP contribution is -1.93. The van der Waals surface area contributed by atoms with Gasteiger partial charge < -0.3 is 14.2 Å². The van der Waals surface area contributed by atoms with Crippen LogP contribution in [-0.4, -0.2) is 13.9 Å². The van der Waals surface area contributed by atoms with E-state index in [0.717, 1.165) is 5.56 Å². The number of methoxy groups -OCH3 is 1. The van der Waals surface area contributed by atoms with Crippen LogP contribution in [0.2, 0.25) is 0 Å². The van der Waals surface area contributed by atoms with Crippen molar-refractivity contribution >= 4 is 0 Å². The molecule has 0 saturated carbocycles. The van der Waals surface area contributed by atoms with Gasteiger partial charge in [-0.3, -0.25) is 0 Å². The minimum atomic E-state index is 0.259. The number of hydrogen-bond acceptors (Lipinski definition) is 3. The van der Waals surface area contributed by atoms with Crippen molar-refractivity contribution in [2.75, 3.05) is 13.9 Å². The van der Waals surface area contributed by atoms with Gasteiger partial charge in [0.15, 0.2) is 11.5 Å². The summed E-state index contributed by atoms with van der Waals surface area (Å²) in [6.07, 6.45) is 0. The van der Waals surface area contributed by atoms with Crippen molar-refractivity contribution in [3.8, 4) is 17.2 Å². The second-order valence-electron chi connectivity index (χ2n) is 2.53. The fraction of sp³-hybridized carbons (Fsp3) is 0.222. The molecular weight excluding hydrogens is 156 g/mol. The second kappa shape index (κ2) is 2.59. The highest BCUT2D eigenvalue weighted by molar-refractivity contribution is 5.55. The van der Waals surface area contributed by atoms with E-state index >= 15 is 0 Å². The zero-order valence-corrected chi connectivity index (χ0v) is 6.79. The molecule has 0 aliphatic carbocycles. The standard InChI is InChI=1S/C9H9O3/c1-6-3-7(10-2)9-8(4-6)11-5-12-9/h3-4H,1,5H2,2H3. The number of fused-ring (bicyclic) bond motifs is 1. The lowest BCUT2D eigenvalue weighted by atomic mass is 10.2. The Morgan fingerprint density at radius 3 is 3.00 bits per heavy atom. The van der Waals surface area contributed by atoms with E-state index in [4.69, 9.17) is 14.2 Å². The molecule has 63 valence electrons. The summed E-state index contributed by atoms with van der Waals surface area (Å²) >= 11 is 0. The minimum absolute atomic E-state index is 0.259. The van der Waals surface area contributed by atoms with Gasteiger partial charge in [-0.2, -0.15) is 0 Å². The van der Waals surface area contributed by atoms with Crippen LogP contribution in [0.3, 0.4) is 0 Å². The smallest absolute Gasteiger partial charge is 0.231 e. The first kappa shape index (κ1) is 7.28. The zero-order valence-electron chi connectivity index (χ0n) is 6.79. The van der Waals surface area contributed by atoms with E-state index in [0.29, 0.717) is 17.2 Å². The lowest BCUT2D eigenvalue weighted by Gasteiger charge is -2.04. The van der Waals surface area contributed by atoms with Crippen LogP contribution in [0.15, 0.2) is 12.1 Å². The third-order valence-electron chi connectivity index (χ3n) is 1.72. The Morgan fingerprint density at radius 1 is 1.42 bits per heavy atom. The molecule has 1 aliphatic rings. The monoisotopic (exact) mass is 165 g/mol. The molecule has 0 amide bonds. The molecule has 1 aromatic rings. The molecule has 0 fully saturated rings. The molecular formula is C9H9O3. The topological polar surface area (TPSA) is 27.7 Å². The number of benzene rings is 1. The third kappa shape index (κ3) is 0.978. The molecule has 3 heteroatoms. The second-order valence-corrected chi connectivity index (χ2v) is 2.53. The SMILES string of the molecule is [CH2]c1cc(OC)c2c(c1)OCO2. The summed E-state index contributed by atoms with van der Waals surface area (Å²) in [6.45, 7) is 4.05. The van der Waals surface area contributed by atoms with Gasteiger partial charge in [-0.15, -0.1) is 0 Å². The predicted molar refractivity (Wildman–Crippen MR) is 43.6 cm³/mol. The van der Waals surface area contributed by atoms with Gasteiger partial charge in [0.2, 0.25) is 12.5 Å². The van der Waals surface area contributed by atoms with E-state index in [-0.39, 0.29) is 6.79 Å². The van der Waals surface area contributed by atoms with E-state index in [1.54, 1.807) is 7.11 Å². The van der Waals surface area contributed by atoms with Crippen LogP contribution in [0, 0.1) is 6.92 Å². The van der Waals surface area contributed by atoms with Gasteiger partial charge in [-0.1, -0.05) is 0 Å². The van der Waals surface area contributed by atoms with Crippen molar-refractivity contribution in [1.29, 1.82) is 0 Å². The van der Waals surface area contributed by atoms with Crippen molar-refractivity contribution in [3.05, 3.63) is 24.6 Å². The summed E-state index contributed by atoms with van der Waals surface area (Å²) < 4.78 is 15.5. The van der Waals surface area contributed by atoms with Crippen LogP contribution in [-0.2, 0) is 0 Å². The summed E-state index contributed by atoms with van der Waals surface area (Å²) in [5.74, 6) is 2.05. The highest BCUT2D eigenvalue weighted by Crippen LogP contribution is 2.41. The van der Waals surface area contributed by atoms with E-state index in [9.17, 15) is 0 Å². The molecule has 0 N–H and O–H groups in total. The van der Waals surface area contributed by atoms with E-state index in [1.807, 2.05) is 12.1 Å². The maximum absolute atomic E-state index is 5.20. The van der Waals surface area contributed by atoms with Crippen molar-refractivity contribution in [3.63, 3.8) is 0 Å². The van der Waals surface area contributed by atoms with Crippen LogP contribution >= 0.6 is 0 Å². The van der Waals surface area contributed by atoms with Crippen molar-refractivity contribution in [2.24, 2.45) is 0 Å². The minimum Gasteiger partial charge on any atom is -0.493 e. The maximum atomic E-state index is 5.20. The third-order valence-corrected chi connectivity index (χ3v) is 1.72. The van der Waals surface area contributed by atoms with Gasteiger partial charge in [-0.25, -0.2) is 0 Å². The molecule has 0 bridgehead atoms. The number of ether oxygens (including phenoxy) is 3. The molecule has 1 aliphatic heterocycles. The Morgan fingerprint density at radius 2 is 2.25 bits per heavy atom. The normalized spacial score (nSPS) is 13.2. The van der Waals surface area contributed by atoms with Gasteiger partial charge in [0.25, 0.3) is 0 Å².